The average molecular weight is 548 g/mol. The zero-order valence-corrected chi connectivity index (χ0v) is 22.3. The number of nitrogens with two attached hydrogens (primary N) is 1. The molecule has 0 aliphatic heterocycles. The third-order valence-electron chi connectivity index (χ3n) is 7.73. The molecule has 7 N–H and O–H groups in total. The number of carbonyl (C=O) groups excluding carboxylic acids is 3. The van der Waals surface area contributed by atoms with Crippen LogP contribution in [0, 0.1) is 11.8 Å². The Morgan fingerprint density at radius 1 is 1.26 bits per heavy atom. The average Bonchev–Trinajstić information content (AvgIpc) is 2.79. The molecule has 0 saturated heterocycles. The number of rotatable bonds is 7. The molecule has 0 heterocycles. The standard InChI is InChI=1S/C26H33N3O8S/c1-29(2)20-15-11-13-10-14-12(6-5-9-28-38(3,4)37)7-8-16(30)18(14)21(31)17(13)23(33)26(15,36)24(34)19(22(20)32)25(27)35/h7-8,13,15,20,30,32-33,36H,3,5-6,9-11H2,1-2,4H3,(H2,27,35)(H,28,37)/t13-,15-,20-,26-,38?/m0/s1. The van der Waals surface area contributed by atoms with Crippen molar-refractivity contribution >= 4 is 33.1 Å². The first-order valence-corrected chi connectivity index (χ1v) is 14.3. The number of benzene rings is 1. The first-order chi connectivity index (χ1) is 17.6. The summed E-state index contributed by atoms with van der Waals surface area (Å²) in [6, 6.07) is 2.05. The summed E-state index contributed by atoms with van der Waals surface area (Å²) < 4.78 is 14.7. The largest absolute Gasteiger partial charge is 0.510 e. The van der Waals surface area contributed by atoms with E-state index < -0.39 is 67.8 Å². The smallest absolute Gasteiger partial charge is 0.255 e. The summed E-state index contributed by atoms with van der Waals surface area (Å²) in [5.74, 6) is -3.20. The first kappa shape index (κ1) is 27.8. The van der Waals surface area contributed by atoms with Crippen LogP contribution in [0.1, 0.15) is 34.3 Å². The summed E-state index contributed by atoms with van der Waals surface area (Å²) in [4.78, 5) is 40.6. The minimum atomic E-state index is -2.66. The quantitative estimate of drug-likeness (QED) is 0.154. The van der Waals surface area contributed by atoms with Crippen LogP contribution in [-0.4, -0.2) is 91.4 Å². The van der Waals surface area contributed by atoms with Crippen molar-refractivity contribution in [2.45, 2.75) is 37.3 Å². The highest BCUT2D eigenvalue weighted by Gasteiger charge is 2.63. The molecule has 0 fully saturated rings. The van der Waals surface area contributed by atoms with Crippen molar-refractivity contribution < 1.29 is 39.0 Å². The van der Waals surface area contributed by atoms with Crippen LogP contribution in [0.2, 0.25) is 0 Å². The number of Topliss-reactive ketones (excluding diaryl/α,β-unsaturated/α-hetero) is 2. The number of hydrogen-bond acceptors (Lipinski definition) is 9. The predicted molar refractivity (Wildman–Crippen MR) is 141 cm³/mol. The number of nitrogens with one attached hydrogen (secondary N) is 1. The van der Waals surface area contributed by atoms with E-state index in [9.17, 15) is 39.0 Å². The number of primary amides is 1. The summed E-state index contributed by atoms with van der Waals surface area (Å²) in [5, 5.41) is 44.4. The number of ketones is 2. The summed E-state index contributed by atoms with van der Waals surface area (Å²) >= 11 is 0. The van der Waals surface area contributed by atoms with Gasteiger partial charge in [-0.25, -0.2) is 4.72 Å². The fourth-order valence-corrected chi connectivity index (χ4v) is 6.69. The highest BCUT2D eigenvalue weighted by molar-refractivity contribution is 7.97. The lowest BCUT2D eigenvalue weighted by Crippen LogP contribution is -2.63. The first-order valence-electron chi connectivity index (χ1n) is 12.2. The summed E-state index contributed by atoms with van der Waals surface area (Å²) in [6.45, 7) is 0.424. The molecule has 0 radical (unpaired) electrons. The van der Waals surface area contributed by atoms with E-state index in [0.29, 0.717) is 24.9 Å². The third kappa shape index (κ3) is 4.31. The van der Waals surface area contributed by atoms with Gasteiger partial charge < -0.3 is 26.2 Å². The Labute approximate surface area is 220 Å². The van der Waals surface area contributed by atoms with Gasteiger partial charge in [0.1, 0.15) is 22.8 Å². The van der Waals surface area contributed by atoms with Gasteiger partial charge in [0.05, 0.1) is 11.6 Å². The zero-order chi connectivity index (χ0) is 28.3. The maximum Gasteiger partial charge on any atom is 0.255 e. The maximum atomic E-state index is 13.7. The number of phenols is 1. The van der Waals surface area contributed by atoms with Gasteiger partial charge in [-0.3, -0.25) is 23.5 Å². The Morgan fingerprint density at radius 2 is 1.92 bits per heavy atom. The lowest BCUT2D eigenvalue weighted by molar-refractivity contribution is -0.148. The minimum Gasteiger partial charge on any atom is -0.510 e. The molecule has 0 saturated carbocycles. The maximum absolute atomic E-state index is 13.7. The van der Waals surface area contributed by atoms with Crippen LogP contribution in [0.25, 0.3) is 0 Å². The molecule has 4 rings (SSSR count). The summed E-state index contributed by atoms with van der Waals surface area (Å²) in [7, 11) is 0.795. The molecule has 206 valence electrons. The van der Waals surface area contributed by atoms with E-state index in [1.807, 2.05) is 0 Å². The molecule has 3 aliphatic rings. The van der Waals surface area contributed by atoms with E-state index in [1.165, 1.54) is 17.2 Å². The molecule has 11 nitrogen and oxygen atoms in total. The molecule has 5 atom stereocenters. The highest BCUT2D eigenvalue weighted by Crippen LogP contribution is 2.52. The lowest BCUT2D eigenvalue weighted by Gasteiger charge is -2.50. The van der Waals surface area contributed by atoms with Crippen molar-refractivity contribution in [1.29, 1.82) is 0 Å². The van der Waals surface area contributed by atoms with Gasteiger partial charge in [-0.2, -0.15) is 0 Å². The number of carbonyl (C=O) groups is 3. The number of nitrogens with zero attached hydrogens (tertiary/aromatic N) is 1. The fourth-order valence-electron chi connectivity index (χ4n) is 6.12. The Hall–Kier alpha value is -3.19. The number of aryl methyl sites for hydroxylation is 1. The summed E-state index contributed by atoms with van der Waals surface area (Å²) in [5.41, 5.74) is 3.01. The number of hydrogen-bond donors (Lipinski definition) is 6. The van der Waals surface area contributed by atoms with E-state index >= 15 is 0 Å². The molecule has 1 amide bonds. The number of aromatic hydroxyl groups is 1. The minimum absolute atomic E-state index is 0.0207. The fraction of sp³-hybridized carbons (Fsp3) is 0.462. The SMILES string of the molecule is C=S(C)(=O)NCCCc1ccc(O)c2c1C[C@H]1C[C@H]3[C@H](N(C)C)C(O)=C(C(N)=O)C(=O)[C@@]3(O)C(O)=C1C2=O. The molecule has 1 unspecified atom stereocenters. The van der Waals surface area contributed by atoms with Gasteiger partial charge >= 0.3 is 0 Å². The topological polar surface area (TPSA) is 190 Å². The van der Waals surface area contributed by atoms with Gasteiger partial charge in [0, 0.05) is 34.0 Å². The van der Waals surface area contributed by atoms with Gasteiger partial charge in [0.2, 0.25) is 5.78 Å². The number of allylic oxidation sites excluding steroid dienone is 1. The number of amides is 1. The van der Waals surface area contributed by atoms with E-state index in [-0.39, 0.29) is 29.7 Å². The third-order valence-corrected chi connectivity index (χ3v) is 8.55. The van der Waals surface area contributed by atoms with E-state index in [0.717, 1.165) is 5.56 Å². The Morgan fingerprint density at radius 3 is 2.50 bits per heavy atom. The molecule has 38 heavy (non-hydrogen) atoms. The van der Waals surface area contributed by atoms with Gasteiger partial charge in [0.15, 0.2) is 11.4 Å². The predicted octanol–water partition coefficient (Wildman–Crippen LogP) is -0.0960. The van der Waals surface area contributed by atoms with Crippen molar-refractivity contribution in [3.05, 3.63) is 51.5 Å². The molecular weight excluding hydrogens is 514 g/mol. The Bertz CT molecular complexity index is 1410. The van der Waals surface area contributed by atoms with Crippen LogP contribution in [-0.2, 0) is 32.1 Å². The molecule has 1 aromatic rings. The van der Waals surface area contributed by atoms with Crippen molar-refractivity contribution in [2.24, 2.45) is 17.6 Å². The highest BCUT2D eigenvalue weighted by atomic mass is 32.2. The van der Waals surface area contributed by atoms with Crippen molar-refractivity contribution in [3.8, 4) is 5.75 Å². The van der Waals surface area contributed by atoms with Crippen LogP contribution in [0.3, 0.4) is 0 Å². The second-order valence-corrected chi connectivity index (χ2v) is 12.9. The van der Waals surface area contributed by atoms with Crippen LogP contribution in [0.5, 0.6) is 5.75 Å². The molecule has 0 aromatic heterocycles. The number of aliphatic hydroxyl groups is 3. The lowest BCUT2D eigenvalue weighted by atomic mass is 9.58. The van der Waals surface area contributed by atoms with Gasteiger partial charge in [0.25, 0.3) is 5.91 Å². The van der Waals surface area contributed by atoms with Gasteiger partial charge in [-0.1, -0.05) is 6.07 Å². The normalized spacial score (nSPS) is 28.6. The summed E-state index contributed by atoms with van der Waals surface area (Å²) in [6.07, 6.45) is 2.84. The van der Waals surface area contributed by atoms with Crippen LogP contribution < -0.4 is 10.5 Å². The number of phenolic OH excluding ortho intramolecular Hbond substituents is 1. The molecular formula is C26H33N3O8S. The molecule has 1 aromatic carbocycles. The van der Waals surface area contributed by atoms with Crippen molar-refractivity contribution in [1.82, 2.24) is 9.62 Å². The zero-order valence-electron chi connectivity index (χ0n) is 21.5. The van der Waals surface area contributed by atoms with Crippen LogP contribution >= 0.6 is 0 Å². The number of aliphatic hydroxyl groups excluding tert-OH is 2. The monoisotopic (exact) mass is 547 g/mol. The molecule has 3 aliphatic carbocycles. The van der Waals surface area contributed by atoms with E-state index in [4.69, 9.17) is 5.73 Å². The second kappa shape index (κ2) is 9.53. The second-order valence-electron chi connectivity index (χ2n) is 10.6. The van der Waals surface area contributed by atoms with E-state index in [1.54, 1.807) is 20.2 Å². The van der Waals surface area contributed by atoms with Gasteiger partial charge in [-0.15, -0.1) is 0 Å². The van der Waals surface area contributed by atoms with Gasteiger partial charge in [-0.05, 0) is 68.8 Å². The van der Waals surface area contributed by atoms with Crippen LogP contribution in [0.4, 0.5) is 0 Å². The van der Waals surface area contributed by atoms with Crippen LogP contribution in [0.15, 0.2) is 34.8 Å². The molecule has 12 heteroatoms. The molecule has 0 bridgehead atoms. The number of fused-ring (bicyclic) bond motifs is 3. The van der Waals surface area contributed by atoms with Crippen molar-refractivity contribution in [3.63, 3.8) is 0 Å². The molecule has 0 spiro atoms. The van der Waals surface area contributed by atoms with E-state index in [2.05, 4.69) is 10.6 Å². The Kier molecular flexibility index (Phi) is 6.98. The number of likely N-dealkylation sites (N-methyl/N-ethyl adjacent to an activating group) is 1. The Balaban J connectivity index is 1.80. The van der Waals surface area contributed by atoms with Crippen molar-refractivity contribution in [2.75, 3.05) is 26.9 Å².